The first-order valence-corrected chi connectivity index (χ1v) is 7.22. The molecule has 1 N–H and O–H groups in total. The Bertz CT molecular complexity index is 846. The molecule has 0 aromatic heterocycles. The Morgan fingerprint density at radius 3 is 2.46 bits per heavy atom. The van der Waals surface area contributed by atoms with Crippen molar-refractivity contribution in [3.05, 3.63) is 69.8 Å². The lowest BCUT2D eigenvalue weighted by Gasteiger charge is -2.21. The second kappa shape index (κ2) is 5.54. The molecule has 7 heteroatoms. The number of rotatable bonds is 4. The van der Waals surface area contributed by atoms with Gasteiger partial charge in [0.25, 0.3) is 11.6 Å². The number of ketones is 1. The maximum atomic E-state index is 12.4. The minimum Gasteiger partial charge on any atom is -0.375 e. The van der Waals surface area contributed by atoms with Crippen molar-refractivity contribution in [3.63, 3.8) is 0 Å². The van der Waals surface area contributed by atoms with Gasteiger partial charge >= 0.3 is 0 Å². The summed E-state index contributed by atoms with van der Waals surface area (Å²) >= 11 is 0. The first-order valence-electron chi connectivity index (χ1n) is 7.22. The molecule has 1 heterocycles. The van der Waals surface area contributed by atoms with Crippen molar-refractivity contribution in [2.45, 2.75) is 12.0 Å². The Morgan fingerprint density at radius 2 is 1.83 bits per heavy atom. The van der Waals surface area contributed by atoms with Gasteiger partial charge in [0.05, 0.1) is 17.0 Å². The summed E-state index contributed by atoms with van der Waals surface area (Å²) in [5.74, 6) is -1.04. The molecular weight excluding hydrogens is 312 g/mol. The molecule has 0 unspecified atom stereocenters. The summed E-state index contributed by atoms with van der Waals surface area (Å²) in [5, 5.41) is 21.5. The predicted octanol–water partition coefficient (Wildman–Crippen LogP) is 2.03. The summed E-state index contributed by atoms with van der Waals surface area (Å²) in [7, 11) is 1.54. The lowest BCUT2D eigenvalue weighted by Crippen LogP contribution is -2.40. The van der Waals surface area contributed by atoms with Crippen molar-refractivity contribution < 1.29 is 19.6 Å². The number of hydrogen-bond acceptors (Lipinski definition) is 5. The highest BCUT2D eigenvalue weighted by Crippen LogP contribution is 2.41. The molecule has 0 saturated carbocycles. The van der Waals surface area contributed by atoms with Crippen molar-refractivity contribution in [3.8, 4) is 0 Å². The molecule has 0 bridgehead atoms. The zero-order valence-corrected chi connectivity index (χ0v) is 12.8. The number of benzene rings is 2. The Hall–Kier alpha value is -3.06. The van der Waals surface area contributed by atoms with Gasteiger partial charge in [-0.3, -0.25) is 19.7 Å². The molecule has 0 aliphatic carbocycles. The molecule has 2 aromatic rings. The number of nitro groups is 1. The number of para-hydroxylation sites is 1. The van der Waals surface area contributed by atoms with Crippen LogP contribution in [-0.4, -0.2) is 28.8 Å². The molecule has 1 aliphatic rings. The van der Waals surface area contributed by atoms with Gasteiger partial charge in [-0.1, -0.05) is 18.2 Å². The van der Waals surface area contributed by atoms with Gasteiger partial charge in [-0.25, -0.2) is 0 Å². The van der Waals surface area contributed by atoms with Crippen LogP contribution in [0.1, 0.15) is 22.3 Å². The summed E-state index contributed by atoms with van der Waals surface area (Å²) in [6.45, 7) is 0. The van der Waals surface area contributed by atoms with E-state index in [2.05, 4.69) is 0 Å². The van der Waals surface area contributed by atoms with Crippen LogP contribution in [0.4, 0.5) is 11.4 Å². The number of Topliss-reactive ketones (excluding diaryl/α,β-unsaturated/α-hetero) is 1. The standard InChI is InChI=1S/C17H14N2O5/c1-18-14-5-3-2-4-13(14)17(22,16(18)21)10-15(20)11-6-8-12(9-7-11)19(23)24/h2-9,22H,10H2,1H3/t17-/m0/s1. The minimum absolute atomic E-state index is 0.132. The van der Waals surface area contributed by atoms with Crippen molar-refractivity contribution >= 4 is 23.1 Å². The fourth-order valence-corrected chi connectivity index (χ4v) is 2.89. The van der Waals surface area contributed by atoms with Gasteiger partial charge in [0, 0.05) is 30.3 Å². The first kappa shape index (κ1) is 15.8. The van der Waals surface area contributed by atoms with Crippen LogP contribution in [0.3, 0.4) is 0 Å². The first-order chi connectivity index (χ1) is 11.3. The smallest absolute Gasteiger partial charge is 0.269 e. The van der Waals surface area contributed by atoms with E-state index >= 15 is 0 Å². The lowest BCUT2D eigenvalue weighted by atomic mass is 9.88. The Morgan fingerprint density at radius 1 is 1.21 bits per heavy atom. The van der Waals surface area contributed by atoms with Crippen LogP contribution < -0.4 is 4.90 Å². The molecule has 3 rings (SSSR count). The molecule has 0 fully saturated rings. The highest BCUT2D eigenvalue weighted by atomic mass is 16.6. The van der Waals surface area contributed by atoms with Gasteiger partial charge in [0.15, 0.2) is 11.4 Å². The molecular formula is C17H14N2O5. The minimum atomic E-state index is -1.93. The fourth-order valence-electron chi connectivity index (χ4n) is 2.89. The number of amides is 1. The van der Waals surface area contributed by atoms with Gasteiger partial charge < -0.3 is 10.0 Å². The number of carbonyl (C=O) groups is 2. The van der Waals surface area contributed by atoms with E-state index in [0.717, 1.165) is 0 Å². The molecule has 24 heavy (non-hydrogen) atoms. The summed E-state index contributed by atoms with van der Waals surface area (Å²) in [5.41, 5.74) is -0.917. The number of anilines is 1. The number of likely N-dealkylation sites (N-methyl/N-ethyl adjacent to an activating group) is 1. The zero-order chi connectivity index (χ0) is 17.5. The van der Waals surface area contributed by atoms with Gasteiger partial charge in [-0.05, 0) is 18.2 Å². The van der Waals surface area contributed by atoms with Gasteiger partial charge in [-0.15, -0.1) is 0 Å². The Balaban J connectivity index is 1.91. The molecule has 1 aliphatic heterocycles. The van der Waals surface area contributed by atoms with Crippen LogP contribution in [0.2, 0.25) is 0 Å². The number of nitrogens with zero attached hydrogens (tertiary/aromatic N) is 2. The maximum Gasteiger partial charge on any atom is 0.269 e. The average Bonchev–Trinajstić information content (AvgIpc) is 2.77. The molecule has 0 saturated heterocycles. The van der Waals surface area contributed by atoms with Gasteiger partial charge in [-0.2, -0.15) is 0 Å². The number of aliphatic hydroxyl groups is 1. The summed E-state index contributed by atoms with van der Waals surface area (Å²) < 4.78 is 0. The fraction of sp³-hybridized carbons (Fsp3) is 0.176. The van der Waals surface area contributed by atoms with Crippen LogP contribution >= 0.6 is 0 Å². The summed E-state index contributed by atoms with van der Waals surface area (Å²) in [6.07, 6.45) is -0.426. The third-order valence-corrected chi connectivity index (χ3v) is 4.19. The highest BCUT2D eigenvalue weighted by Gasteiger charge is 2.49. The molecule has 2 aromatic carbocycles. The van der Waals surface area contributed by atoms with E-state index in [4.69, 9.17) is 0 Å². The monoisotopic (exact) mass is 326 g/mol. The number of non-ortho nitro benzene ring substituents is 1. The van der Waals surface area contributed by atoms with Crippen LogP contribution in [0.5, 0.6) is 0 Å². The normalized spacial score (nSPS) is 19.2. The van der Waals surface area contributed by atoms with E-state index in [-0.39, 0.29) is 11.3 Å². The van der Waals surface area contributed by atoms with Crippen LogP contribution in [0.15, 0.2) is 48.5 Å². The predicted molar refractivity (Wildman–Crippen MR) is 85.8 cm³/mol. The molecule has 1 atom stereocenters. The second-order valence-electron chi connectivity index (χ2n) is 5.65. The van der Waals surface area contributed by atoms with Crippen molar-refractivity contribution in [2.24, 2.45) is 0 Å². The summed E-state index contributed by atoms with van der Waals surface area (Å²) in [6, 6.07) is 11.8. The van der Waals surface area contributed by atoms with Crippen molar-refractivity contribution in [1.29, 1.82) is 0 Å². The van der Waals surface area contributed by atoms with Crippen LogP contribution in [-0.2, 0) is 10.4 Å². The molecule has 0 spiro atoms. The topological polar surface area (TPSA) is 101 Å². The van der Waals surface area contributed by atoms with Crippen molar-refractivity contribution in [2.75, 3.05) is 11.9 Å². The van der Waals surface area contributed by atoms with E-state index in [1.54, 1.807) is 24.3 Å². The lowest BCUT2D eigenvalue weighted by molar-refractivity contribution is -0.384. The van der Waals surface area contributed by atoms with E-state index in [1.807, 2.05) is 0 Å². The Kier molecular flexibility index (Phi) is 3.65. The molecule has 122 valence electrons. The van der Waals surface area contributed by atoms with Gasteiger partial charge in [0.2, 0.25) is 0 Å². The van der Waals surface area contributed by atoms with E-state index < -0.39 is 28.6 Å². The SMILES string of the molecule is CN1C(=O)[C@](O)(CC(=O)c2ccc([N+](=O)[O-])cc2)c2ccccc21. The average molecular weight is 326 g/mol. The van der Waals surface area contributed by atoms with E-state index in [0.29, 0.717) is 11.3 Å². The van der Waals surface area contributed by atoms with Crippen LogP contribution in [0.25, 0.3) is 0 Å². The van der Waals surface area contributed by atoms with E-state index in [1.165, 1.54) is 36.2 Å². The molecule has 0 radical (unpaired) electrons. The number of carbonyl (C=O) groups excluding carboxylic acids is 2. The van der Waals surface area contributed by atoms with E-state index in [9.17, 15) is 24.8 Å². The summed E-state index contributed by atoms with van der Waals surface area (Å²) in [4.78, 5) is 36.3. The molecule has 7 nitrogen and oxygen atoms in total. The largest absolute Gasteiger partial charge is 0.375 e. The maximum absolute atomic E-state index is 12.4. The third-order valence-electron chi connectivity index (χ3n) is 4.19. The van der Waals surface area contributed by atoms with Crippen LogP contribution in [0, 0.1) is 10.1 Å². The second-order valence-corrected chi connectivity index (χ2v) is 5.65. The Labute approximate surface area is 137 Å². The molecule has 1 amide bonds. The number of nitro benzene ring substituents is 1. The zero-order valence-electron chi connectivity index (χ0n) is 12.8. The quantitative estimate of drug-likeness (QED) is 0.526. The number of fused-ring (bicyclic) bond motifs is 1. The van der Waals surface area contributed by atoms with Gasteiger partial charge in [0.1, 0.15) is 0 Å². The van der Waals surface area contributed by atoms with Crippen molar-refractivity contribution in [1.82, 2.24) is 0 Å². The number of hydrogen-bond donors (Lipinski definition) is 1. The third kappa shape index (κ3) is 2.35. The highest BCUT2D eigenvalue weighted by molar-refractivity contribution is 6.10.